The van der Waals surface area contributed by atoms with E-state index >= 15 is 0 Å². The number of aromatic nitrogens is 1. The number of hydrogen-bond donors (Lipinski definition) is 0. The van der Waals surface area contributed by atoms with Crippen LogP contribution in [0.1, 0.15) is 61.3 Å². The molecular weight excluding hydrogens is 343 g/mol. The zero-order chi connectivity index (χ0) is 19.7. The number of carbonyl (C=O) groups is 1. The molecule has 0 saturated carbocycles. The fourth-order valence-corrected chi connectivity index (χ4v) is 2.86. The molecule has 0 N–H and O–H groups in total. The first-order valence-electron chi connectivity index (χ1n) is 8.61. The van der Waals surface area contributed by atoms with Gasteiger partial charge in [0.1, 0.15) is 5.69 Å². The summed E-state index contributed by atoms with van der Waals surface area (Å²) in [6.07, 6.45) is -5.14. The molecule has 0 aliphatic heterocycles. The average molecular weight is 367 g/mol. The van der Waals surface area contributed by atoms with Crippen LogP contribution in [0.15, 0.2) is 18.2 Å². The lowest BCUT2D eigenvalue weighted by Crippen LogP contribution is -2.16. The van der Waals surface area contributed by atoms with Crippen LogP contribution < -0.4 is 0 Å². The molecule has 0 aliphatic rings. The van der Waals surface area contributed by atoms with E-state index in [1.165, 1.54) is 0 Å². The van der Waals surface area contributed by atoms with E-state index in [0.717, 1.165) is 16.5 Å². The second kappa shape index (κ2) is 7.25. The van der Waals surface area contributed by atoms with E-state index in [1.807, 2.05) is 27.7 Å². The molecule has 26 heavy (non-hydrogen) atoms. The molecule has 1 aromatic heterocycles. The lowest BCUT2D eigenvalue weighted by atomic mass is 9.83. The van der Waals surface area contributed by atoms with Crippen LogP contribution in [0.3, 0.4) is 0 Å². The highest BCUT2D eigenvalue weighted by Crippen LogP contribution is 2.33. The Morgan fingerprint density at radius 3 is 2.35 bits per heavy atom. The molecule has 0 fully saturated rings. The molecule has 0 spiro atoms. The first-order valence-corrected chi connectivity index (χ1v) is 8.61. The molecule has 3 nitrogen and oxygen atoms in total. The molecule has 0 atom stereocenters. The quantitative estimate of drug-likeness (QED) is 0.669. The van der Waals surface area contributed by atoms with E-state index in [0.29, 0.717) is 11.1 Å². The lowest BCUT2D eigenvalue weighted by molar-refractivity contribution is -0.134. The molecule has 0 bridgehead atoms. The number of rotatable bonds is 4. The van der Waals surface area contributed by atoms with Gasteiger partial charge in [0.15, 0.2) is 0 Å². The lowest BCUT2D eigenvalue weighted by Gasteiger charge is -2.23. The normalized spacial score (nSPS) is 12.5. The van der Waals surface area contributed by atoms with Gasteiger partial charge in [-0.2, -0.15) is 13.2 Å². The highest BCUT2D eigenvalue weighted by molar-refractivity contribution is 5.94. The van der Waals surface area contributed by atoms with E-state index in [9.17, 15) is 18.0 Å². The fourth-order valence-electron chi connectivity index (χ4n) is 2.86. The number of ether oxygens (including phenoxy) is 1. The summed E-state index contributed by atoms with van der Waals surface area (Å²) in [4.78, 5) is 16.5. The Hall–Kier alpha value is -2.11. The van der Waals surface area contributed by atoms with Crippen molar-refractivity contribution in [3.05, 3.63) is 40.6 Å². The standard InChI is InChI=1S/C20H24F3NO2/c1-6-26-18(25)16-9-12(2)14-10-13(7-8-20(21,22)23)11-15(17(14)24-16)19(3,4)5/h9-11H,6-8H2,1-5H3. The summed E-state index contributed by atoms with van der Waals surface area (Å²) in [6.45, 7) is 9.72. The predicted octanol–water partition coefficient (Wildman–Crippen LogP) is 5.51. The van der Waals surface area contributed by atoms with Crippen LogP contribution in [0.2, 0.25) is 0 Å². The van der Waals surface area contributed by atoms with E-state index in [1.54, 1.807) is 25.1 Å². The Morgan fingerprint density at radius 2 is 1.81 bits per heavy atom. The highest BCUT2D eigenvalue weighted by Gasteiger charge is 2.27. The largest absolute Gasteiger partial charge is 0.461 e. The van der Waals surface area contributed by atoms with Gasteiger partial charge in [-0.25, -0.2) is 9.78 Å². The summed E-state index contributed by atoms with van der Waals surface area (Å²) < 4.78 is 42.9. The Kier molecular flexibility index (Phi) is 5.64. The van der Waals surface area contributed by atoms with Crippen molar-refractivity contribution >= 4 is 16.9 Å². The molecule has 0 unspecified atom stereocenters. The van der Waals surface area contributed by atoms with E-state index in [2.05, 4.69) is 4.98 Å². The topological polar surface area (TPSA) is 39.2 Å². The van der Waals surface area contributed by atoms with Crippen molar-refractivity contribution in [3.63, 3.8) is 0 Å². The van der Waals surface area contributed by atoms with Crippen LogP contribution in [-0.2, 0) is 16.6 Å². The number of esters is 1. The number of alkyl halides is 3. The van der Waals surface area contributed by atoms with Gasteiger partial charge in [0.05, 0.1) is 12.1 Å². The average Bonchev–Trinajstić information content (AvgIpc) is 2.51. The molecule has 2 aromatic rings. The van der Waals surface area contributed by atoms with Crippen molar-refractivity contribution in [2.45, 2.75) is 59.1 Å². The van der Waals surface area contributed by atoms with Crippen molar-refractivity contribution in [1.82, 2.24) is 4.98 Å². The second-order valence-electron chi connectivity index (χ2n) is 7.45. The molecule has 0 aliphatic carbocycles. The van der Waals surface area contributed by atoms with Gasteiger partial charge >= 0.3 is 12.1 Å². The van der Waals surface area contributed by atoms with Gasteiger partial charge < -0.3 is 4.74 Å². The fraction of sp³-hybridized carbons (Fsp3) is 0.500. The van der Waals surface area contributed by atoms with Crippen molar-refractivity contribution in [3.8, 4) is 0 Å². The summed E-state index contributed by atoms with van der Waals surface area (Å²) >= 11 is 0. The van der Waals surface area contributed by atoms with Crippen LogP contribution in [0.5, 0.6) is 0 Å². The van der Waals surface area contributed by atoms with Crippen LogP contribution >= 0.6 is 0 Å². The number of fused-ring (bicyclic) bond motifs is 1. The van der Waals surface area contributed by atoms with E-state index in [4.69, 9.17) is 4.74 Å². The SMILES string of the molecule is CCOC(=O)c1cc(C)c2cc(CCC(F)(F)F)cc(C(C)(C)C)c2n1. The van der Waals surface area contributed by atoms with E-state index < -0.39 is 18.6 Å². The third-order valence-corrected chi connectivity index (χ3v) is 4.17. The molecule has 6 heteroatoms. The smallest absolute Gasteiger partial charge is 0.389 e. The summed E-state index contributed by atoms with van der Waals surface area (Å²) in [7, 11) is 0. The summed E-state index contributed by atoms with van der Waals surface area (Å²) in [5.74, 6) is -0.501. The number of pyridine rings is 1. The minimum absolute atomic E-state index is 0.0818. The minimum atomic E-state index is -4.20. The van der Waals surface area contributed by atoms with Gasteiger partial charge in [-0.05, 0) is 54.5 Å². The van der Waals surface area contributed by atoms with E-state index in [-0.39, 0.29) is 24.1 Å². The molecular formula is C20H24F3NO2. The maximum Gasteiger partial charge on any atom is 0.389 e. The van der Waals surface area contributed by atoms with Crippen LogP contribution in [0.4, 0.5) is 13.2 Å². The molecule has 1 heterocycles. The zero-order valence-corrected chi connectivity index (χ0v) is 15.8. The third kappa shape index (κ3) is 4.74. The van der Waals surface area contributed by atoms with Gasteiger partial charge in [0, 0.05) is 11.8 Å². The number of halogens is 3. The van der Waals surface area contributed by atoms with Crippen molar-refractivity contribution < 1.29 is 22.7 Å². The molecule has 0 radical (unpaired) electrons. The van der Waals surface area contributed by atoms with Gasteiger partial charge in [-0.3, -0.25) is 0 Å². The first kappa shape index (κ1) is 20.2. The first-order chi connectivity index (χ1) is 11.9. The molecule has 0 saturated heterocycles. The number of nitrogens with zero attached hydrogens (tertiary/aromatic N) is 1. The van der Waals surface area contributed by atoms with Crippen LogP contribution in [0, 0.1) is 6.92 Å². The number of aryl methyl sites for hydroxylation is 2. The van der Waals surface area contributed by atoms with Crippen LogP contribution in [0.25, 0.3) is 10.9 Å². The third-order valence-electron chi connectivity index (χ3n) is 4.17. The second-order valence-corrected chi connectivity index (χ2v) is 7.45. The Balaban J connectivity index is 2.64. The van der Waals surface area contributed by atoms with Crippen molar-refractivity contribution in [2.75, 3.05) is 6.61 Å². The summed E-state index contributed by atoms with van der Waals surface area (Å²) in [6, 6.07) is 5.14. The highest BCUT2D eigenvalue weighted by atomic mass is 19.4. The molecule has 2 rings (SSSR count). The molecule has 142 valence electrons. The Bertz CT molecular complexity index is 820. The van der Waals surface area contributed by atoms with Crippen molar-refractivity contribution in [1.29, 1.82) is 0 Å². The monoisotopic (exact) mass is 367 g/mol. The predicted molar refractivity (Wildman–Crippen MR) is 95.5 cm³/mol. The maximum absolute atomic E-state index is 12.6. The summed E-state index contributed by atoms with van der Waals surface area (Å²) in [5.41, 5.74) is 2.74. The van der Waals surface area contributed by atoms with Gasteiger partial charge in [-0.15, -0.1) is 0 Å². The van der Waals surface area contributed by atoms with Gasteiger partial charge in [0.25, 0.3) is 0 Å². The Labute approximate surface area is 151 Å². The Morgan fingerprint density at radius 1 is 1.15 bits per heavy atom. The summed E-state index contributed by atoms with van der Waals surface area (Å²) in [5, 5.41) is 0.766. The number of hydrogen-bond acceptors (Lipinski definition) is 3. The molecule has 0 amide bonds. The maximum atomic E-state index is 12.6. The number of benzene rings is 1. The zero-order valence-electron chi connectivity index (χ0n) is 15.8. The number of carbonyl (C=O) groups excluding carboxylic acids is 1. The van der Waals surface area contributed by atoms with Crippen molar-refractivity contribution in [2.24, 2.45) is 0 Å². The van der Waals surface area contributed by atoms with Gasteiger partial charge in [0.2, 0.25) is 0 Å². The minimum Gasteiger partial charge on any atom is -0.461 e. The molecule has 1 aromatic carbocycles. The van der Waals surface area contributed by atoms with Gasteiger partial charge in [-0.1, -0.05) is 26.8 Å². The van der Waals surface area contributed by atoms with Crippen LogP contribution in [-0.4, -0.2) is 23.7 Å².